The Balaban J connectivity index is 2.23. The van der Waals surface area contributed by atoms with Crippen molar-refractivity contribution in [2.75, 3.05) is 20.8 Å². The largest absolute Gasteiger partial charge is 0.497 e. The van der Waals surface area contributed by atoms with E-state index >= 15 is 0 Å². The van der Waals surface area contributed by atoms with Gasteiger partial charge in [0, 0.05) is 22.8 Å². The van der Waals surface area contributed by atoms with Crippen molar-refractivity contribution in [3.8, 4) is 11.5 Å². The molecule has 2 atom stereocenters. The van der Waals surface area contributed by atoms with E-state index in [2.05, 4.69) is 4.84 Å². The molecule has 138 valence electrons. The standard InChI is InChI=1S/C16H15NO9/c1-16(20)15(26-17(21)22)12-9(6-25-16)14(19)11-8(13(12)18)4-7(23-2)5-10(11)24-3/h4-5,15,20H,6H2,1-3H3/t15-,16-/m0/s1. The number of aliphatic hydroxyl groups is 1. The highest BCUT2D eigenvalue weighted by Crippen LogP contribution is 2.41. The molecule has 0 aromatic heterocycles. The maximum atomic E-state index is 13.0. The maximum Gasteiger partial charge on any atom is 0.295 e. The Morgan fingerprint density at radius 3 is 2.54 bits per heavy atom. The number of carbonyl (C=O) groups excluding carboxylic acids is 2. The molecule has 10 heteroatoms. The molecule has 1 N–H and O–H groups in total. The summed E-state index contributed by atoms with van der Waals surface area (Å²) in [6, 6.07) is 2.77. The Hall–Kier alpha value is -2.98. The first kappa shape index (κ1) is 17.8. The quantitative estimate of drug-likeness (QED) is 0.604. The third-order valence-electron chi connectivity index (χ3n) is 4.30. The lowest BCUT2D eigenvalue weighted by atomic mass is 9.78. The van der Waals surface area contributed by atoms with E-state index in [0.717, 1.165) is 6.92 Å². The minimum Gasteiger partial charge on any atom is -0.497 e. The maximum absolute atomic E-state index is 13.0. The summed E-state index contributed by atoms with van der Waals surface area (Å²) < 4.78 is 15.4. The summed E-state index contributed by atoms with van der Waals surface area (Å²) in [4.78, 5) is 41.2. The molecule has 26 heavy (non-hydrogen) atoms. The fraction of sp³-hybridized carbons (Fsp3) is 0.375. The Labute approximate surface area is 147 Å². The van der Waals surface area contributed by atoms with Crippen molar-refractivity contribution in [1.82, 2.24) is 0 Å². The second kappa shape index (κ2) is 6.07. The second-order valence-electron chi connectivity index (χ2n) is 5.86. The Kier molecular flexibility index (Phi) is 4.17. The van der Waals surface area contributed by atoms with Gasteiger partial charge >= 0.3 is 0 Å². The van der Waals surface area contributed by atoms with Crippen molar-refractivity contribution in [3.05, 3.63) is 44.5 Å². The zero-order valence-electron chi connectivity index (χ0n) is 14.1. The molecule has 0 unspecified atom stereocenters. The molecule has 2 aliphatic rings. The van der Waals surface area contributed by atoms with E-state index < -0.39 is 35.2 Å². The number of fused-ring (bicyclic) bond motifs is 1. The molecule has 3 rings (SSSR count). The molecule has 0 radical (unpaired) electrons. The van der Waals surface area contributed by atoms with Crippen LogP contribution < -0.4 is 9.47 Å². The summed E-state index contributed by atoms with van der Waals surface area (Å²) in [5, 5.41) is 19.9. The van der Waals surface area contributed by atoms with Gasteiger partial charge < -0.3 is 19.3 Å². The molecule has 0 spiro atoms. The average molecular weight is 365 g/mol. The van der Waals surface area contributed by atoms with Crippen molar-refractivity contribution in [3.63, 3.8) is 0 Å². The predicted molar refractivity (Wildman–Crippen MR) is 83.7 cm³/mol. The molecule has 1 heterocycles. The molecule has 10 nitrogen and oxygen atoms in total. The van der Waals surface area contributed by atoms with E-state index in [1.54, 1.807) is 0 Å². The van der Waals surface area contributed by atoms with Gasteiger partial charge in [0.15, 0.2) is 23.5 Å². The lowest BCUT2D eigenvalue weighted by molar-refractivity contribution is -0.772. The third-order valence-corrected chi connectivity index (χ3v) is 4.30. The topological polar surface area (TPSA) is 134 Å². The zero-order valence-corrected chi connectivity index (χ0v) is 14.1. The number of Topliss-reactive ketones (excluding diaryl/α,β-unsaturated/α-hetero) is 2. The first-order valence-electron chi connectivity index (χ1n) is 7.47. The van der Waals surface area contributed by atoms with Gasteiger partial charge in [-0.05, 0) is 13.0 Å². The van der Waals surface area contributed by atoms with Crippen LogP contribution in [0, 0.1) is 10.1 Å². The van der Waals surface area contributed by atoms with Gasteiger partial charge in [0.25, 0.3) is 5.09 Å². The summed E-state index contributed by atoms with van der Waals surface area (Å²) in [5.74, 6) is -3.09. The van der Waals surface area contributed by atoms with Crippen molar-refractivity contribution in [1.29, 1.82) is 0 Å². The van der Waals surface area contributed by atoms with Gasteiger partial charge in [0.1, 0.15) is 11.5 Å². The molecule has 0 saturated carbocycles. The molecule has 1 aromatic rings. The van der Waals surface area contributed by atoms with E-state index in [9.17, 15) is 24.8 Å². The average Bonchev–Trinajstić information content (AvgIpc) is 2.59. The van der Waals surface area contributed by atoms with Gasteiger partial charge in [0.05, 0.1) is 26.4 Å². The first-order chi connectivity index (χ1) is 12.2. The SMILES string of the molecule is COc1cc(OC)c2c(c1)C(=O)C1=C(CO[C@](C)(O)[C@H]1O[N+](=O)[O-])C2=O. The molecule has 1 aliphatic carbocycles. The number of rotatable bonds is 4. The summed E-state index contributed by atoms with van der Waals surface area (Å²) in [7, 11) is 2.70. The summed E-state index contributed by atoms with van der Waals surface area (Å²) >= 11 is 0. The number of hydrogen-bond donors (Lipinski definition) is 1. The third kappa shape index (κ3) is 2.59. The van der Waals surface area contributed by atoms with Crippen LogP contribution in [0.5, 0.6) is 11.5 Å². The van der Waals surface area contributed by atoms with Crippen molar-refractivity contribution in [2.24, 2.45) is 0 Å². The van der Waals surface area contributed by atoms with Crippen LogP contribution in [-0.2, 0) is 9.57 Å². The van der Waals surface area contributed by atoms with E-state index in [1.807, 2.05) is 0 Å². The zero-order chi connectivity index (χ0) is 19.2. The van der Waals surface area contributed by atoms with Gasteiger partial charge in [-0.15, -0.1) is 10.1 Å². The van der Waals surface area contributed by atoms with Crippen LogP contribution in [0.4, 0.5) is 0 Å². The lowest BCUT2D eigenvalue weighted by Gasteiger charge is -2.39. The molecule has 0 amide bonds. The summed E-state index contributed by atoms with van der Waals surface area (Å²) in [6.07, 6.45) is -1.77. The van der Waals surface area contributed by atoms with Crippen LogP contribution >= 0.6 is 0 Å². The highest BCUT2D eigenvalue weighted by atomic mass is 17.0. The van der Waals surface area contributed by atoms with E-state index in [0.29, 0.717) is 0 Å². The second-order valence-corrected chi connectivity index (χ2v) is 5.86. The Morgan fingerprint density at radius 1 is 1.27 bits per heavy atom. The fourth-order valence-electron chi connectivity index (χ4n) is 3.06. The highest BCUT2D eigenvalue weighted by molar-refractivity contribution is 6.28. The smallest absolute Gasteiger partial charge is 0.295 e. The number of carbonyl (C=O) groups is 2. The monoisotopic (exact) mass is 365 g/mol. The van der Waals surface area contributed by atoms with Gasteiger partial charge in [-0.3, -0.25) is 14.4 Å². The number of ether oxygens (including phenoxy) is 3. The van der Waals surface area contributed by atoms with Gasteiger partial charge in [-0.2, -0.15) is 0 Å². The van der Waals surface area contributed by atoms with Crippen molar-refractivity contribution < 1.29 is 38.8 Å². The fourth-order valence-corrected chi connectivity index (χ4v) is 3.06. The predicted octanol–water partition coefficient (Wildman–Crippen LogP) is 0.695. The summed E-state index contributed by atoms with van der Waals surface area (Å²) in [5.41, 5.74) is -0.489. The number of ketones is 2. The highest BCUT2D eigenvalue weighted by Gasteiger charge is 2.50. The van der Waals surface area contributed by atoms with Gasteiger partial charge in [-0.1, -0.05) is 0 Å². The first-order valence-corrected chi connectivity index (χ1v) is 7.47. The lowest BCUT2D eigenvalue weighted by Crippen LogP contribution is -2.53. The number of nitrogens with zero attached hydrogens (tertiary/aromatic N) is 1. The minimum absolute atomic E-state index is 0.00189. The number of benzene rings is 1. The van der Waals surface area contributed by atoms with Crippen LogP contribution in [-0.4, -0.2) is 54.5 Å². The molecule has 0 fully saturated rings. The van der Waals surface area contributed by atoms with E-state index in [4.69, 9.17) is 14.2 Å². The summed E-state index contributed by atoms with van der Waals surface area (Å²) in [6.45, 7) is 0.712. The van der Waals surface area contributed by atoms with Crippen LogP contribution in [0.1, 0.15) is 27.6 Å². The molecular formula is C16H15NO9. The van der Waals surface area contributed by atoms with Crippen LogP contribution in [0.2, 0.25) is 0 Å². The minimum atomic E-state index is -2.16. The van der Waals surface area contributed by atoms with E-state index in [-0.39, 0.29) is 33.8 Å². The molecule has 0 bridgehead atoms. The van der Waals surface area contributed by atoms with Crippen LogP contribution in [0.15, 0.2) is 23.3 Å². The van der Waals surface area contributed by atoms with Gasteiger partial charge in [0.2, 0.25) is 0 Å². The number of methoxy groups -OCH3 is 2. The molecule has 1 aliphatic heterocycles. The van der Waals surface area contributed by atoms with E-state index in [1.165, 1.54) is 26.4 Å². The van der Waals surface area contributed by atoms with Gasteiger partial charge in [-0.25, -0.2) is 0 Å². The van der Waals surface area contributed by atoms with Crippen LogP contribution in [0.25, 0.3) is 0 Å². The van der Waals surface area contributed by atoms with Crippen molar-refractivity contribution in [2.45, 2.75) is 18.8 Å². The molecule has 1 aromatic carbocycles. The molecular weight excluding hydrogens is 350 g/mol. The Bertz CT molecular complexity index is 856. The van der Waals surface area contributed by atoms with Crippen LogP contribution in [0.3, 0.4) is 0 Å². The Morgan fingerprint density at radius 2 is 1.96 bits per heavy atom. The number of hydrogen-bond acceptors (Lipinski definition) is 9. The molecule has 0 saturated heterocycles. The van der Waals surface area contributed by atoms with Crippen molar-refractivity contribution >= 4 is 11.6 Å². The normalized spacial score (nSPS) is 24.7.